The van der Waals surface area contributed by atoms with E-state index in [0.29, 0.717) is 0 Å². The van der Waals surface area contributed by atoms with Crippen molar-refractivity contribution in [3.63, 3.8) is 0 Å². The van der Waals surface area contributed by atoms with Crippen LogP contribution in [0.3, 0.4) is 0 Å². The maximum atomic E-state index is 7.04. The van der Waals surface area contributed by atoms with Crippen molar-refractivity contribution >= 4 is 115 Å². The van der Waals surface area contributed by atoms with Crippen molar-refractivity contribution in [3.8, 4) is 45.4 Å². The summed E-state index contributed by atoms with van der Waals surface area (Å²) in [6.07, 6.45) is 0. The third kappa shape index (κ3) is 6.40. The van der Waals surface area contributed by atoms with Crippen LogP contribution in [0.2, 0.25) is 0 Å². The molecule has 0 bridgehead atoms. The molecule has 0 aliphatic carbocycles. The fraction of sp³-hybridized carbons (Fsp3) is 0.0137. The predicted molar refractivity (Wildman–Crippen MR) is 329 cm³/mol. The topological polar surface area (TPSA) is 36.5 Å². The number of anilines is 3. The number of para-hydroxylation sites is 6. The van der Waals surface area contributed by atoms with Gasteiger partial charge in [-0.05, 0) is 177 Å². The number of methoxy groups -OCH3 is 1. The molecule has 0 unspecified atom stereocenters. The Bertz CT molecular complexity index is 5210. The number of hydrogen-bond donors (Lipinski definition) is 0. The normalized spacial score (nSPS) is 12.4. The van der Waals surface area contributed by atoms with Gasteiger partial charge in [0.25, 0.3) is 0 Å². The third-order valence-corrected chi connectivity index (χ3v) is 16.6. The monoisotopic (exact) mass is 1010 g/mol. The summed E-state index contributed by atoms with van der Waals surface area (Å²) in [5.41, 5.74) is 15.6. The average molecular weight is 1010 g/mol. The first kappa shape index (κ1) is 43.7. The first-order valence-electron chi connectivity index (χ1n) is 26.9. The number of ether oxygens (including phenoxy) is 2. The largest absolute Gasteiger partial charge is 0.497 e. The van der Waals surface area contributed by atoms with E-state index in [0.717, 1.165) is 95.2 Å². The highest BCUT2D eigenvalue weighted by molar-refractivity contribution is 6.29. The van der Waals surface area contributed by atoms with Gasteiger partial charge in [0.15, 0.2) is 11.5 Å². The second-order valence-electron chi connectivity index (χ2n) is 20.8. The number of hydrogen-bond acceptors (Lipinski definition) is 3. The van der Waals surface area contributed by atoms with Crippen LogP contribution < -0.4 is 14.4 Å². The molecule has 370 valence electrons. The van der Waals surface area contributed by atoms with E-state index < -0.39 is 0 Å². The van der Waals surface area contributed by atoms with Crippen molar-refractivity contribution in [1.82, 2.24) is 13.7 Å². The zero-order valence-electron chi connectivity index (χ0n) is 42.9. The van der Waals surface area contributed by atoms with Crippen LogP contribution in [-0.2, 0) is 0 Å². The number of fused-ring (bicyclic) bond motifs is 17. The van der Waals surface area contributed by atoms with Gasteiger partial charge in [0, 0.05) is 55.1 Å². The van der Waals surface area contributed by atoms with Crippen molar-refractivity contribution in [3.05, 3.63) is 261 Å². The lowest BCUT2D eigenvalue weighted by Crippen LogP contribution is -2.16. The van der Waals surface area contributed by atoms with Gasteiger partial charge in [0.05, 0.1) is 51.6 Å². The summed E-state index contributed by atoms with van der Waals surface area (Å²) in [5, 5.41) is 14.3. The van der Waals surface area contributed by atoms with E-state index in [2.05, 4.69) is 279 Å². The third-order valence-electron chi connectivity index (χ3n) is 16.6. The average Bonchev–Trinajstić information content (AvgIpc) is 4.24. The van der Waals surface area contributed by atoms with Gasteiger partial charge in [0.1, 0.15) is 5.75 Å². The van der Waals surface area contributed by atoms with Gasteiger partial charge in [-0.25, -0.2) is 0 Å². The van der Waals surface area contributed by atoms with Crippen LogP contribution in [0.25, 0.3) is 126 Å². The van der Waals surface area contributed by atoms with Crippen molar-refractivity contribution in [2.24, 2.45) is 0 Å². The lowest BCUT2D eigenvalue weighted by atomic mass is 9.93. The summed E-state index contributed by atoms with van der Waals surface area (Å²) in [6.45, 7) is 0. The molecule has 6 heteroatoms. The summed E-state index contributed by atoms with van der Waals surface area (Å²) >= 11 is 0. The minimum atomic E-state index is 0.798. The molecular formula is C73H46N4O2. The molecule has 17 rings (SSSR count). The molecule has 16 aromatic rings. The summed E-state index contributed by atoms with van der Waals surface area (Å²) in [4.78, 5) is 2.40. The van der Waals surface area contributed by atoms with Crippen LogP contribution in [0.5, 0.6) is 17.2 Å². The number of aromatic nitrogens is 3. The Hall–Kier alpha value is -10.6. The van der Waals surface area contributed by atoms with Gasteiger partial charge in [0.2, 0.25) is 0 Å². The molecule has 4 heterocycles. The summed E-state index contributed by atoms with van der Waals surface area (Å²) in [5.74, 6) is 2.45. The van der Waals surface area contributed by atoms with Crippen LogP contribution in [-0.4, -0.2) is 20.8 Å². The molecule has 0 fully saturated rings. The highest BCUT2D eigenvalue weighted by Crippen LogP contribution is 2.54. The van der Waals surface area contributed by atoms with Crippen LogP contribution in [0.1, 0.15) is 0 Å². The molecule has 79 heavy (non-hydrogen) atoms. The minimum absolute atomic E-state index is 0.798. The van der Waals surface area contributed by atoms with Crippen molar-refractivity contribution in [2.45, 2.75) is 0 Å². The maximum Gasteiger partial charge on any atom is 0.152 e. The van der Waals surface area contributed by atoms with Gasteiger partial charge in [-0.15, -0.1) is 0 Å². The van der Waals surface area contributed by atoms with Crippen molar-refractivity contribution in [1.29, 1.82) is 0 Å². The molecule has 0 saturated carbocycles. The second-order valence-corrected chi connectivity index (χ2v) is 20.8. The molecule has 0 N–H and O–H groups in total. The maximum absolute atomic E-state index is 7.04. The van der Waals surface area contributed by atoms with E-state index in [4.69, 9.17) is 9.47 Å². The molecule has 1 aliphatic heterocycles. The standard InChI is InChI=1S/C73H46N4O2/c1-78-51-32-33-54-56(40-51)52-23-11-12-24-53(52)57-41-62-63-43-73-71(44-70(63)76(69(62)42-58(54)57)49-21-9-4-10-22-49)77(68-27-15-16-28-72(68)79-73)50-31-36-67-61(39-50)60-38-46(30-35-66(60)75(67)48-19-7-3-8-20-48)45-29-34-65-59(37-45)55-25-13-14-26-64(55)74(65)47-17-5-2-6-18-47/h2-44H,1H3. The fourth-order valence-corrected chi connectivity index (χ4v) is 13.1. The lowest BCUT2D eigenvalue weighted by molar-refractivity contribution is 0.415. The van der Waals surface area contributed by atoms with Gasteiger partial charge < -0.3 is 28.1 Å². The zero-order valence-corrected chi connectivity index (χ0v) is 42.9. The fourth-order valence-electron chi connectivity index (χ4n) is 13.1. The van der Waals surface area contributed by atoms with Crippen molar-refractivity contribution in [2.75, 3.05) is 12.0 Å². The Labute approximate surface area is 454 Å². The molecule has 0 radical (unpaired) electrons. The Morgan fingerprint density at radius 2 is 0.734 bits per heavy atom. The quantitative estimate of drug-likeness (QED) is 0.156. The summed E-state index contributed by atoms with van der Waals surface area (Å²) in [6, 6.07) is 94.9. The summed E-state index contributed by atoms with van der Waals surface area (Å²) in [7, 11) is 1.74. The van der Waals surface area contributed by atoms with Gasteiger partial charge in [-0.2, -0.15) is 0 Å². The zero-order chi connectivity index (χ0) is 51.9. The van der Waals surface area contributed by atoms with Crippen molar-refractivity contribution < 1.29 is 9.47 Å². The van der Waals surface area contributed by atoms with E-state index >= 15 is 0 Å². The molecule has 13 aromatic carbocycles. The Morgan fingerprint density at radius 1 is 0.266 bits per heavy atom. The summed E-state index contributed by atoms with van der Waals surface area (Å²) < 4.78 is 20.0. The van der Waals surface area contributed by atoms with Crippen LogP contribution >= 0.6 is 0 Å². The second kappa shape index (κ2) is 16.7. The number of rotatable bonds is 6. The van der Waals surface area contributed by atoms with Crippen LogP contribution in [0.4, 0.5) is 17.1 Å². The lowest BCUT2D eigenvalue weighted by Gasteiger charge is -2.33. The SMILES string of the molecule is COc1ccc2c(c1)c1ccccc1c1cc3c4cc5c(cc4n(-c4ccccc4)c3cc21)N(c1ccc2c(c1)c1cc(-c3ccc4c(c3)c3ccccc3n4-c3ccccc3)ccc1n2-c1ccccc1)c1ccccc1O5. The number of nitrogens with zero attached hydrogens (tertiary/aromatic N) is 4. The smallest absolute Gasteiger partial charge is 0.152 e. The predicted octanol–water partition coefficient (Wildman–Crippen LogP) is 19.7. The first-order valence-corrected chi connectivity index (χ1v) is 26.9. The Balaban J connectivity index is 0.894. The molecule has 0 atom stereocenters. The highest BCUT2D eigenvalue weighted by atomic mass is 16.5. The molecular weight excluding hydrogens is 965 g/mol. The van der Waals surface area contributed by atoms with Crippen LogP contribution in [0, 0.1) is 0 Å². The van der Waals surface area contributed by atoms with Gasteiger partial charge in [-0.3, -0.25) is 0 Å². The first-order chi connectivity index (χ1) is 39.1. The van der Waals surface area contributed by atoms with Gasteiger partial charge >= 0.3 is 0 Å². The molecule has 0 spiro atoms. The molecule has 0 saturated heterocycles. The van der Waals surface area contributed by atoms with Gasteiger partial charge in [-0.1, -0.05) is 127 Å². The highest BCUT2D eigenvalue weighted by Gasteiger charge is 2.30. The Morgan fingerprint density at radius 3 is 1.39 bits per heavy atom. The molecule has 0 amide bonds. The Kier molecular flexibility index (Phi) is 9.24. The van der Waals surface area contributed by atoms with E-state index in [1.807, 2.05) is 0 Å². The van der Waals surface area contributed by atoms with Crippen LogP contribution in [0.15, 0.2) is 261 Å². The van der Waals surface area contributed by atoms with E-state index in [1.165, 1.54) is 65.1 Å². The van der Waals surface area contributed by atoms with E-state index in [1.54, 1.807) is 7.11 Å². The molecule has 3 aromatic heterocycles. The van der Waals surface area contributed by atoms with E-state index in [-0.39, 0.29) is 0 Å². The number of benzene rings is 13. The molecule has 6 nitrogen and oxygen atoms in total. The molecule has 1 aliphatic rings. The minimum Gasteiger partial charge on any atom is -0.497 e. The van der Waals surface area contributed by atoms with E-state index in [9.17, 15) is 0 Å².